The third-order valence-corrected chi connectivity index (χ3v) is 3.69. The van der Waals surface area contributed by atoms with Crippen LogP contribution < -0.4 is 5.32 Å². The Morgan fingerprint density at radius 2 is 1.95 bits per heavy atom. The summed E-state index contributed by atoms with van der Waals surface area (Å²) in [6.45, 7) is 6.30. The summed E-state index contributed by atoms with van der Waals surface area (Å²) in [5.41, 5.74) is 1.53. The average molecular weight is 261 g/mol. The molecule has 0 radical (unpaired) electrons. The first-order valence-corrected chi connectivity index (χ1v) is 7.14. The number of ether oxygens (including phenoxy) is 1. The highest BCUT2D eigenvalue weighted by Gasteiger charge is 2.41. The molecular formula is C16H23NO2. The van der Waals surface area contributed by atoms with Crippen molar-refractivity contribution in [2.45, 2.75) is 51.6 Å². The lowest BCUT2D eigenvalue weighted by atomic mass is 9.90. The van der Waals surface area contributed by atoms with Crippen LogP contribution in [0.2, 0.25) is 0 Å². The Morgan fingerprint density at radius 1 is 1.32 bits per heavy atom. The van der Waals surface area contributed by atoms with Crippen molar-refractivity contribution in [3.63, 3.8) is 0 Å². The van der Waals surface area contributed by atoms with E-state index in [-0.39, 0.29) is 5.97 Å². The monoisotopic (exact) mass is 261 g/mol. The summed E-state index contributed by atoms with van der Waals surface area (Å²) in [5, 5.41) is 3.43. The lowest BCUT2D eigenvalue weighted by molar-refractivity contribution is -0.151. The number of esters is 1. The second-order valence-corrected chi connectivity index (χ2v) is 5.31. The molecule has 0 aromatic heterocycles. The topological polar surface area (TPSA) is 38.3 Å². The van der Waals surface area contributed by atoms with Gasteiger partial charge in [-0.25, -0.2) is 4.79 Å². The van der Waals surface area contributed by atoms with Gasteiger partial charge in [-0.15, -0.1) is 0 Å². The van der Waals surface area contributed by atoms with E-state index < -0.39 is 5.54 Å². The number of rotatable bonds is 6. The van der Waals surface area contributed by atoms with Crippen molar-refractivity contribution in [3.8, 4) is 0 Å². The minimum atomic E-state index is -0.733. The molecule has 0 amide bonds. The van der Waals surface area contributed by atoms with Gasteiger partial charge in [0.1, 0.15) is 5.54 Å². The summed E-state index contributed by atoms with van der Waals surface area (Å²) < 4.78 is 5.25. The average Bonchev–Trinajstić information content (AvgIpc) is 3.23. The quantitative estimate of drug-likeness (QED) is 0.800. The standard InChI is InChI=1S/C16H23NO2/c1-4-12-6-8-13(9-7-12)16(3,15(18)19-5-2)17-14-10-11-14/h6-9,14,17H,4-5,10-11H2,1-3H3. The highest BCUT2D eigenvalue weighted by Crippen LogP contribution is 2.30. The van der Waals surface area contributed by atoms with Crippen LogP contribution in [0.15, 0.2) is 24.3 Å². The summed E-state index contributed by atoms with van der Waals surface area (Å²) in [5.74, 6) is -0.189. The Morgan fingerprint density at radius 3 is 2.42 bits per heavy atom. The number of hydrogen-bond donors (Lipinski definition) is 1. The lowest BCUT2D eigenvalue weighted by Crippen LogP contribution is -2.48. The Hall–Kier alpha value is -1.35. The zero-order chi connectivity index (χ0) is 13.9. The van der Waals surface area contributed by atoms with Crippen LogP contribution in [0.1, 0.15) is 44.7 Å². The minimum Gasteiger partial charge on any atom is -0.464 e. The van der Waals surface area contributed by atoms with Crippen molar-refractivity contribution >= 4 is 5.97 Å². The molecule has 1 N–H and O–H groups in total. The first-order valence-electron chi connectivity index (χ1n) is 7.14. The second-order valence-electron chi connectivity index (χ2n) is 5.31. The molecule has 1 saturated carbocycles. The Labute approximate surface area is 115 Å². The Balaban J connectivity index is 2.26. The largest absolute Gasteiger partial charge is 0.464 e. The number of carbonyl (C=O) groups excluding carboxylic acids is 1. The van der Waals surface area contributed by atoms with E-state index in [2.05, 4.69) is 24.4 Å². The van der Waals surface area contributed by atoms with Crippen molar-refractivity contribution in [1.29, 1.82) is 0 Å². The van der Waals surface area contributed by atoms with E-state index >= 15 is 0 Å². The predicted molar refractivity (Wildman–Crippen MR) is 76.0 cm³/mol. The van der Waals surface area contributed by atoms with Gasteiger partial charge in [0.2, 0.25) is 0 Å². The van der Waals surface area contributed by atoms with Gasteiger partial charge in [0.05, 0.1) is 6.61 Å². The fourth-order valence-electron chi connectivity index (χ4n) is 2.25. The van der Waals surface area contributed by atoms with E-state index in [4.69, 9.17) is 4.74 Å². The number of hydrogen-bond acceptors (Lipinski definition) is 3. The summed E-state index contributed by atoms with van der Waals surface area (Å²) in [6, 6.07) is 8.68. The van der Waals surface area contributed by atoms with Crippen molar-refractivity contribution in [2.24, 2.45) is 0 Å². The van der Waals surface area contributed by atoms with E-state index in [1.165, 1.54) is 5.56 Å². The third-order valence-electron chi connectivity index (χ3n) is 3.69. The van der Waals surface area contributed by atoms with Crippen LogP contribution in [0.25, 0.3) is 0 Å². The molecule has 0 saturated heterocycles. The normalized spacial score (nSPS) is 17.8. The van der Waals surface area contributed by atoms with E-state index in [0.717, 1.165) is 24.8 Å². The van der Waals surface area contributed by atoms with Gasteiger partial charge in [-0.2, -0.15) is 0 Å². The molecule has 0 heterocycles. The zero-order valence-corrected chi connectivity index (χ0v) is 12.0. The van der Waals surface area contributed by atoms with Crippen LogP contribution in [0.3, 0.4) is 0 Å². The molecule has 0 spiro atoms. The lowest BCUT2D eigenvalue weighted by Gasteiger charge is -2.29. The van der Waals surface area contributed by atoms with Crippen LogP contribution in [0.5, 0.6) is 0 Å². The molecule has 1 aromatic rings. The van der Waals surface area contributed by atoms with Gasteiger partial charge < -0.3 is 4.74 Å². The van der Waals surface area contributed by atoms with Crippen LogP contribution in [-0.4, -0.2) is 18.6 Å². The number of aryl methyl sites for hydroxylation is 1. The number of carbonyl (C=O) groups is 1. The van der Waals surface area contributed by atoms with E-state index in [1.807, 2.05) is 26.0 Å². The van der Waals surface area contributed by atoms with Crippen LogP contribution in [0, 0.1) is 0 Å². The summed E-state index contributed by atoms with van der Waals surface area (Å²) in [4.78, 5) is 12.3. The second kappa shape index (κ2) is 5.74. The van der Waals surface area contributed by atoms with E-state index in [9.17, 15) is 4.79 Å². The molecule has 19 heavy (non-hydrogen) atoms. The molecular weight excluding hydrogens is 238 g/mol. The smallest absolute Gasteiger partial charge is 0.330 e. The van der Waals surface area contributed by atoms with Crippen molar-refractivity contribution in [2.75, 3.05) is 6.61 Å². The molecule has 0 bridgehead atoms. The maximum atomic E-state index is 12.3. The molecule has 1 aromatic carbocycles. The highest BCUT2D eigenvalue weighted by molar-refractivity contribution is 5.82. The third kappa shape index (κ3) is 3.16. The fraction of sp³-hybridized carbons (Fsp3) is 0.562. The van der Waals surface area contributed by atoms with Crippen molar-refractivity contribution in [3.05, 3.63) is 35.4 Å². The first kappa shape index (κ1) is 14.1. The number of nitrogens with one attached hydrogen (secondary N) is 1. The van der Waals surface area contributed by atoms with Gasteiger partial charge in [-0.3, -0.25) is 5.32 Å². The first-order chi connectivity index (χ1) is 9.10. The van der Waals surface area contributed by atoms with E-state index in [0.29, 0.717) is 12.6 Å². The molecule has 0 aliphatic heterocycles. The van der Waals surface area contributed by atoms with Gasteiger partial charge in [0, 0.05) is 6.04 Å². The molecule has 1 atom stereocenters. The van der Waals surface area contributed by atoms with Gasteiger partial charge in [0.15, 0.2) is 0 Å². The summed E-state index contributed by atoms with van der Waals surface area (Å²) in [6.07, 6.45) is 3.29. The summed E-state index contributed by atoms with van der Waals surface area (Å²) >= 11 is 0. The molecule has 104 valence electrons. The van der Waals surface area contributed by atoms with Gasteiger partial charge in [0.25, 0.3) is 0 Å². The predicted octanol–water partition coefficient (Wildman–Crippen LogP) is 2.78. The molecule has 1 unspecified atom stereocenters. The Bertz CT molecular complexity index is 437. The maximum absolute atomic E-state index is 12.3. The van der Waals surface area contributed by atoms with Gasteiger partial charge >= 0.3 is 5.97 Å². The molecule has 2 rings (SSSR count). The van der Waals surface area contributed by atoms with Crippen molar-refractivity contribution in [1.82, 2.24) is 5.32 Å². The summed E-state index contributed by atoms with van der Waals surface area (Å²) in [7, 11) is 0. The highest BCUT2D eigenvalue weighted by atomic mass is 16.5. The van der Waals surface area contributed by atoms with Gasteiger partial charge in [-0.05, 0) is 44.2 Å². The zero-order valence-electron chi connectivity index (χ0n) is 12.0. The van der Waals surface area contributed by atoms with Crippen molar-refractivity contribution < 1.29 is 9.53 Å². The van der Waals surface area contributed by atoms with E-state index in [1.54, 1.807) is 0 Å². The van der Waals surface area contributed by atoms with Crippen LogP contribution in [-0.2, 0) is 21.5 Å². The SMILES string of the molecule is CCOC(=O)C(C)(NC1CC1)c1ccc(CC)cc1. The number of benzene rings is 1. The molecule has 1 aliphatic carbocycles. The molecule has 3 heteroatoms. The molecule has 1 fully saturated rings. The molecule has 3 nitrogen and oxygen atoms in total. The molecule has 1 aliphatic rings. The Kier molecular flexibility index (Phi) is 4.25. The van der Waals surface area contributed by atoms with Crippen LogP contribution in [0.4, 0.5) is 0 Å². The van der Waals surface area contributed by atoms with Gasteiger partial charge in [-0.1, -0.05) is 31.2 Å². The van der Waals surface area contributed by atoms with Crippen LogP contribution >= 0.6 is 0 Å². The fourth-order valence-corrected chi connectivity index (χ4v) is 2.25. The maximum Gasteiger partial charge on any atom is 0.330 e. The minimum absolute atomic E-state index is 0.189.